The van der Waals surface area contributed by atoms with Gasteiger partial charge in [-0.15, -0.1) is 21.5 Å². The van der Waals surface area contributed by atoms with E-state index in [-0.39, 0.29) is 17.8 Å². The summed E-state index contributed by atoms with van der Waals surface area (Å²) in [5.41, 5.74) is 2.25. The van der Waals surface area contributed by atoms with Crippen molar-refractivity contribution in [3.63, 3.8) is 0 Å². The van der Waals surface area contributed by atoms with Crippen LogP contribution in [0.25, 0.3) is 15.9 Å². The zero-order chi connectivity index (χ0) is 18.4. The molecule has 3 aromatic heterocycles. The smallest absolute Gasteiger partial charge is 0.316 e. The summed E-state index contributed by atoms with van der Waals surface area (Å²) in [6, 6.07) is 0. The number of hydrogen-bond acceptors (Lipinski definition) is 7. The summed E-state index contributed by atoms with van der Waals surface area (Å²) in [6.07, 6.45) is 3.29. The lowest BCUT2D eigenvalue weighted by Gasteiger charge is -2.17. The number of aryl methyl sites for hydroxylation is 2. The second kappa shape index (κ2) is 6.81. The van der Waals surface area contributed by atoms with Crippen molar-refractivity contribution in [1.82, 2.24) is 19.6 Å². The SMILES string of the molecule is Cc1nc2sc3c(c2c2nnc(SCC(=O)OC(C)C)n12)CC[C@@H](C)C3. The van der Waals surface area contributed by atoms with E-state index >= 15 is 0 Å². The second-order valence-electron chi connectivity index (χ2n) is 7.16. The zero-order valence-electron chi connectivity index (χ0n) is 15.4. The van der Waals surface area contributed by atoms with Crippen LogP contribution < -0.4 is 0 Å². The Morgan fingerprint density at radius 2 is 2.23 bits per heavy atom. The molecular weight excluding hydrogens is 368 g/mol. The molecule has 0 amide bonds. The number of thiophene rings is 1. The third-order valence-electron chi connectivity index (χ3n) is 4.62. The van der Waals surface area contributed by atoms with Gasteiger partial charge >= 0.3 is 5.97 Å². The van der Waals surface area contributed by atoms with Crippen molar-refractivity contribution in [2.45, 2.75) is 58.2 Å². The van der Waals surface area contributed by atoms with Crippen molar-refractivity contribution in [2.24, 2.45) is 5.92 Å². The van der Waals surface area contributed by atoms with Crippen LogP contribution in [0.3, 0.4) is 0 Å². The van der Waals surface area contributed by atoms with Gasteiger partial charge in [-0.1, -0.05) is 18.7 Å². The van der Waals surface area contributed by atoms with E-state index in [4.69, 9.17) is 9.72 Å². The molecule has 0 N–H and O–H groups in total. The molecule has 138 valence electrons. The Bertz CT molecular complexity index is 992. The third kappa shape index (κ3) is 3.09. The third-order valence-corrected chi connectivity index (χ3v) is 6.67. The summed E-state index contributed by atoms with van der Waals surface area (Å²) in [5.74, 6) is 1.55. The summed E-state index contributed by atoms with van der Waals surface area (Å²) in [5, 5.41) is 10.6. The first-order valence-corrected chi connectivity index (χ1v) is 10.7. The maximum atomic E-state index is 11.8. The maximum Gasteiger partial charge on any atom is 0.316 e. The van der Waals surface area contributed by atoms with Gasteiger partial charge in [0.2, 0.25) is 0 Å². The first-order chi connectivity index (χ1) is 12.4. The predicted molar refractivity (Wildman–Crippen MR) is 104 cm³/mol. The average molecular weight is 391 g/mol. The maximum absolute atomic E-state index is 11.8. The molecule has 3 aromatic rings. The quantitative estimate of drug-likeness (QED) is 0.498. The predicted octanol–water partition coefficient (Wildman–Crippen LogP) is 3.82. The Hall–Kier alpha value is -1.67. The van der Waals surface area contributed by atoms with E-state index in [0.29, 0.717) is 5.16 Å². The number of fused-ring (bicyclic) bond motifs is 5. The summed E-state index contributed by atoms with van der Waals surface area (Å²) in [7, 11) is 0. The van der Waals surface area contributed by atoms with Crippen LogP contribution in [0.4, 0.5) is 0 Å². The van der Waals surface area contributed by atoms with Crippen molar-refractivity contribution in [3.05, 3.63) is 16.3 Å². The fourth-order valence-electron chi connectivity index (χ4n) is 3.48. The first kappa shape index (κ1) is 17.7. The van der Waals surface area contributed by atoms with Gasteiger partial charge in [0.1, 0.15) is 10.7 Å². The van der Waals surface area contributed by atoms with E-state index < -0.39 is 0 Å². The number of hydrogen-bond donors (Lipinski definition) is 0. The molecular formula is C18H22N4O2S2. The molecule has 6 nitrogen and oxygen atoms in total. The molecule has 0 saturated carbocycles. The molecule has 0 fully saturated rings. The molecule has 8 heteroatoms. The molecule has 0 radical (unpaired) electrons. The Morgan fingerprint density at radius 3 is 3.00 bits per heavy atom. The summed E-state index contributed by atoms with van der Waals surface area (Å²) >= 11 is 3.14. The number of ether oxygens (including phenoxy) is 1. The average Bonchev–Trinajstić information content (AvgIpc) is 3.12. The molecule has 0 unspecified atom stereocenters. The number of esters is 1. The number of carbonyl (C=O) groups excluding carboxylic acids is 1. The Kier molecular flexibility index (Phi) is 4.64. The molecule has 3 heterocycles. The Labute approximate surface area is 160 Å². The standard InChI is InChI=1S/C18H22N4O2S2/c1-9(2)24-14(23)8-25-18-21-20-16-15-12-6-5-10(3)7-13(12)26-17(15)19-11(4)22(16)18/h9-10H,5-8H2,1-4H3/t10-/m1/s1. The fourth-order valence-corrected chi connectivity index (χ4v) is 5.66. The Balaban J connectivity index is 1.74. The van der Waals surface area contributed by atoms with Crippen LogP contribution in [-0.2, 0) is 22.4 Å². The van der Waals surface area contributed by atoms with Gasteiger partial charge in [0.05, 0.1) is 17.2 Å². The number of aromatic nitrogens is 4. The molecule has 1 aliphatic carbocycles. The van der Waals surface area contributed by atoms with E-state index in [1.807, 2.05) is 25.2 Å². The van der Waals surface area contributed by atoms with Gasteiger partial charge in [0, 0.05) is 4.88 Å². The van der Waals surface area contributed by atoms with Gasteiger partial charge in [-0.25, -0.2) is 4.98 Å². The molecule has 0 bridgehead atoms. The molecule has 4 rings (SSSR count). The largest absolute Gasteiger partial charge is 0.462 e. The molecule has 0 aliphatic heterocycles. The fraction of sp³-hybridized carbons (Fsp3) is 0.556. The van der Waals surface area contributed by atoms with E-state index in [2.05, 4.69) is 17.1 Å². The molecule has 0 spiro atoms. The molecule has 26 heavy (non-hydrogen) atoms. The minimum Gasteiger partial charge on any atom is -0.462 e. The van der Waals surface area contributed by atoms with Crippen LogP contribution >= 0.6 is 23.1 Å². The highest BCUT2D eigenvalue weighted by molar-refractivity contribution is 7.99. The van der Waals surface area contributed by atoms with Gasteiger partial charge in [-0.3, -0.25) is 9.20 Å². The van der Waals surface area contributed by atoms with Gasteiger partial charge < -0.3 is 4.74 Å². The van der Waals surface area contributed by atoms with Crippen molar-refractivity contribution in [1.29, 1.82) is 0 Å². The van der Waals surface area contributed by atoms with Crippen molar-refractivity contribution >= 4 is 44.9 Å². The van der Waals surface area contributed by atoms with Crippen LogP contribution in [-0.4, -0.2) is 37.4 Å². The normalized spacial score (nSPS) is 17.2. The summed E-state index contributed by atoms with van der Waals surface area (Å²) in [4.78, 5) is 19.2. The van der Waals surface area contributed by atoms with Crippen LogP contribution in [0, 0.1) is 12.8 Å². The van der Waals surface area contributed by atoms with Crippen molar-refractivity contribution in [3.8, 4) is 0 Å². The lowest BCUT2D eigenvalue weighted by atomic mass is 9.89. The van der Waals surface area contributed by atoms with E-state index in [1.54, 1.807) is 11.3 Å². The van der Waals surface area contributed by atoms with Gasteiger partial charge in [-0.2, -0.15) is 0 Å². The minimum absolute atomic E-state index is 0.110. The summed E-state index contributed by atoms with van der Waals surface area (Å²) in [6.45, 7) is 7.97. The van der Waals surface area contributed by atoms with E-state index in [0.717, 1.165) is 40.4 Å². The number of carbonyl (C=O) groups is 1. The zero-order valence-corrected chi connectivity index (χ0v) is 17.0. The lowest BCUT2D eigenvalue weighted by Crippen LogP contribution is -2.13. The summed E-state index contributed by atoms with van der Waals surface area (Å²) < 4.78 is 7.17. The number of nitrogens with zero attached hydrogens (tertiary/aromatic N) is 4. The number of rotatable bonds is 4. The highest BCUT2D eigenvalue weighted by atomic mass is 32.2. The van der Waals surface area contributed by atoms with Crippen LogP contribution in [0.1, 0.15) is 43.5 Å². The topological polar surface area (TPSA) is 69.4 Å². The first-order valence-electron chi connectivity index (χ1n) is 8.92. The Morgan fingerprint density at radius 1 is 1.42 bits per heavy atom. The highest BCUT2D eigenvalue weighted by Gasteiger charge is 2.25. The highest BCUT2D eigenvalue weighted by Crippen LogP contribution is 2.39. The molecule has 1 aliphatic rings. The van der Waals surface area contributed by atoms with Crippen LogP contribution in [0.2, 0.25) is 0 Å². The van der Waals surface area contributed by atoms with Crippen LogP contribution in [0.5, 0.6) is 0 Å². The monoisotopic (exact) mass is 390 g/mol. The van der Waals surface area contributed by atoms with Gasteiger partial charge in [0.15, 0.2) is 10.8 Å². The number of thioether (sulfide) groups is 1. The molecule has 0 saturated heterocycles. The van der Waals surface area contributed by atoms with Crippen molar-refractivity contribution in [2.75, 3.05) is 5.75 Å². The second-order valence-corrected chi connectivity index (χ2v) is 9.19. The minimum atomic E-state index is -0.240. The lowest BCUT2D eigenvalue weighted by molar-refractivity contribution is -0.144. The van der Waals surface area contributed by atoms with E-state index in [1.165, 1.54) is 28.6 Å². The van der Waals surface area contributed by atoms with Crippen molar-refractivity contribution < 1.29 is 9.53 Å². The van der Waals surface area contributed by atoms with Gasteiger partial charge in [0.25, 0.3) is 0 Å². The van der Waals surface area contributed by atoms with Gasteiger partial charge in [-0.05, 0) is 51.5 Å². The molecule has 1 atom stereocenters. The van der Waals surface area contributed by atoms with Crippen LogP contribution in [0.15, 0.2) is 5.16 Å². The molecule has 0 aromatic carbocycles. The van der Waals surface area contributed by atoms with E-state index in [9.17, 15) is 4.79 Å².